The standard InChI is InChI=1S/6CNO.3Ru/c6*2-1-3;;;/q6*-1;3*+2. The third-order valence-electron chi connectivity index (χ3n) is 0. The summed E-state index contributed by atoms with van der Waals surface area (Å²) in [6.07, 6.45) is 3.00. The molecule has 0 amide bonds. The van der Waals surface area contributed by atoms with E-state index in [0.717, 1.165) is 0 Å². The summed E-state index contributed by atoms with van der Waals surface area (Å²) >= 11 is 0. The second-order valence-electron chi connectivity index (χ2n) is 0.548. The molecular formula is C6N6O6Ru3. The molecule has 0 radical (unpaired) electrons. The fourth-order valence-corrected chi connectivity index (χ4v) is 0. The molecule has 0 aliphatic rings. The third kappa shape index (κ3) is 1380. The van der Waals surface area contributed by atoms with E-state index in [4.69, 9.17) is 61.2 Å². The molecule has 0 aliphatic heterocycles. The summed E-state index contributed by atoms with van der Waals surface area (Å²) in [5.74, 6) is 0. The van der Waals surface area contributed by atoms with Crippen LogP contribution in [0.25, 0.3) is 32.5 Å². The van der Waals surface area contributed by atoms with Crippen molar-refractivity contribution in [2.75, 3.05) is 0 Å². The minimum absolute atomic E-state index is 0. The molecule has 0 aliphatic carbocycles. The van der Waals surface area contributed by atoms with Gasteiger partial charge in [-0.25, -0.2) is 0 Å². The van der Waals surface area contributed by atoms with Gasteiger partial charge in [-0.3, -0.25) is 28.8 Å². The van der Waals surface area contributed by atoms with E-state index in [9.17, 15) is 0 Å². The summed E-state index contributed by atoms with van der Waals surface area (Å²) in [6, 6.07) is 0. The monoisotopic (exact) mass is 558 g/mol. The Labute approximate surface area is 155 Å². The first-order valence-corrected chi connectivity index (χ1v) is 2.57. The zero-order valence-electron chi connectivity index (χ0n) is 9.19. The van der Waals surface area contributed by atoms with Crippen molar-refractivity contribution in [3.8, 4) is 0 Å². The first-order valence-electron chi connectivity index (χ1n) is 2.57. The molecule has 0 fully saturated rings. The minimum Gasteiger partial charge on any atom is -0.724 e. The van der Waals surface area contributed by atoms with E-state index >= 15 is 0 Å². The molecule has 0 rings (SSSR count). The quantitative estimate of drug-likeness (QED) is 0.213. The number of carbonyl (C=O) groups excluding carboxylic acids is 6. The predicted octanol–water partition coefficient (Wildman–Crippen LogP) is -0.658. The summed E-state index contributed by atoms with van der Waals surface area (Å²) in [7, 11) is 0. The minimum atomic E-state index is 0. The van der Waals surface area contributed by atoms with Gasteiger partial charge >= 0.3 is 58.4 Å². The molecule has 0 aromatic rings. The van der Waals surface area contributed by atoms with Crippen molar-refractivity contribution >= 4 is 36.5 Å². The molecule has 0 unspecified atom stereocenters. The van der Waals surface area contributed by atoms with Gasteiger partial charge in [0.15, 0.2) is 0 Å². The molecule has 0 N–H and O–H groups in total. The SMILES string of the molecule is [N-]=C=O.[N-]=C=O.[N-]=C=O.[N-]=C=O.[N-]=C=O.[N-]=C=O.[Ru+2].[Ru+2].[Ru+2]. The first kappa shape index (κ1) is 61.2. The maximum atomic E-state index is 8.24. The number of hydrogen-bond donors (Lipinski definition) is 0. The van der Waals surface area contributed by atoms with E-state index in [2.05, 4.69) is 0 Å². The molecule has 12 nitrogen and oxygen atoms in total. The summed E-state index contributed by atoms with van der Waals surface area (Å²) in [6.45, 7) is 0. The largest absolute Gasteiger partial charge is 2.00 e. The smallest absolute Gasteiger partial charge is 0.724 e. The van der Waals surface area contributed by atoms with Crippen molar-refractivity contribution in [2.24, 2.45) is 0 Å². The fraction of sp³-hybridized carbons (Fsp3) is 0. The van der Waals surface area contributed by atoms with Crippen LogP contribution in [0.1, 0.15) is 0 Å². The van der Waals surface area contributed by atoms with Crippen molar-refractivity contribution in [2.45, 2.75) is 0 Å². The molecule has 0 bridgehead atoms. The van der Waals surface area contributed by atoms with E-state index in [1.807, 2.05) is 0 Å². The Morgan fingerprint density at radius 1 is 0.333 bits per heavy atom. The molecule has 21 heavy (non-hydrogen) atoms. The maximum absolute atomic E-state index is 8.24. The van der Waals surface area contributed by atoms with E-state index in [1.165, 1.54) is 0 Å². The predicted molar refractivity (Wildman–Crippen MR) is 54.3 cm³/mol. The number of isocyanates is 6. The van der Waals surface area contributed by atoms with Gasteiger partial charge in [0.2, 0.25) is 0 Å². The van der Waals surface area contributed by atoms with Crippen LogP contribution in [0.4, 0.5) is 0 Å². The Hall–Kier alpha value is -1.85. The zero-order chi connectivity index (χ0) is 16.2. The summed E-state index contributed by atoms with van der Waals surface area (Å²) in [5.41, 5.74) is 0. The molecule has 0 atom stereocenters. The Kier molecular flexibility index (Phi) is 904. The molecule has 0 aromatic heterocycles. The van der Waals surface area contributed by atoms with Gasteiger partial charge in [0.1, 0.15) is 0 Å². The van der Waals surface area contributed by atoms with Crippen molar-refractivity contribution < 1.29 is 87.2 Å². The van der Waals surface area contributed by atoms with E-state index < -0.39 is 0 Å². The Bertz CT molecular complexity index is 260. The van der Waals surface area contributed by atoms with Gasteiger partial charge in [0, 0.05) is 0 Å². The average Bonchev–Trinajstić information content (AvgIpc) is 2.23. The average molecular weight is 555 g/mol. The van der Waals surface area contributed by atoms with Crippen LogP contribution in [-0.2, 0) is 87.2 Å². The van der Waals surface area contributed by atoms with Crippen LogP contribution in [0.5, 0.6) is 0 Å². The van der Waals surface area contributed by atoms with Gasteiger partial charge < -0.3 is 32.5 Å². The van der Waals surface area contributed by atoms with Crippen molar-refractivity contribution in [3.63, 3.8) is 0 Å². The molecule has 0 saturated carbocycles. The van der Waals surface area contributed by atoms with Gasteiger partial charge in [0.25, 0.3) is 0 Å². The normalized spacial score (nSPS) is 2.29. The van der Waals surface area contributed by atoms with Crippen LogP contribution >= 0.6 is 0 Å². The summed E-state index contributed by atoms with van der Waals surface area (Å²) < 4.78 is 0. The Morgan fingerprint density at radius 2 is 0.333 bits per heavy atom. The Morgan fingerprint density at radius 3 is 0.333 bits per heavy atom. The summed E-state index contributed by atoms with van der Waals surface area (Å²) in [4.78, 5) is 49.4. The van der Waals surface area contributed by atoms with Crippen LogP contribution in [0, 0.1) is 0 Å². The second-order valence-corrected chi connectivity index (χ2v) is 0.548. The van der Waals surface area contributed by atoms with Gasteiger partial charge in [-0.2, -0.15) is 0 Å². The van der Waals surface area contributed by atoms with E-state index in [-0.39, 0.29) is 58.4 Å². The number of nitrogens with zero attached hydrogens (tertiary/aromatic N) is 6. The fourth-order valence-electron chi connectivity index (χ4n) is 0. The third-order valence-corrected chi connectivity index (χ3v) is 0. The van der Waals surface area contributed by atoms with Gasteiger partial charge in [0.05, 0.1) is 0 Å². The topological polar surface area (TPSA) is 236 Å². The van der Waals surface area contributed by atoms with Crippen LogP contribution in [0.15, 0.2) is 0 Å². The van der Waals surface area contributed by atoms with Gasteiger partial charge in [-0.1, -0.05) is 0 Å². The number of hydrogen-bond acceptors (Lipinski definition) is 6. The second kappa shape index (κ2) is 310. The van der Waals surface area contributed by atoms with Gasteiger partial charge in [-0.05, 0) is 36.5 Å². The van der Waals surface area contributed by atoms with Crippen molar-refractivity contribution in [1.82, 2.24) is 0 Å². The number of rotatable bonds is 0. The van der Waals surface area contributed by atoms with Crippen molar-refractivity contribution in [3.05, 3.63) is 32.5 Å². The van der Waals surface area contributed by atoms with E-state index in [1.54, 1.807) is 0 Å². The van der Waals surface area contributed by atoms with Crippen LogP contribution < -0.4 is 0 Å². The first-order chi connectivity index (χ1) is 8.49. The van der Waals surface area contributed by atoms with E-state index in [0.29, 0.717) is 36.5 Å². The summed E-state index contributed by atoms with van der Waals surface area (Å²) in [5, 5.41) is 40.6. The maximum Gasteiger partial charge on any atom is 2.00 e. The van der Waals surface area contributed by atoms with Gasteiger partial charge in [-0.15, -0.1) is 0 Å². The van der Waals surface area contributed by atoms with Crippen LogP contribution in [0.3, 0.4) is 0 Å². The van der Waals surface area contributed by atoms with Crippen LogP contribution in [-0.4, -0.2) is 36.5 Å². The van der Waals surface area contributed by atoms with Crippen LogP contribution in [0.2, 0.25) is 0 Å². The molecule has 114 valence electrons. The molecule has 15 heteroatoms. The van der Waals surface area contributed by atoms with Crippen molar-refractivity contribution in [1.29, 1.82) is 0 Å². The molecule has 0 spiro atoms. The molecular weight excluding hydrogens is 555 g/mol. The molecule has 0 saturated heterocycles. The Balaban J connectivity index is -0.0000000114. The zero-order valence-corrected chi connectivity index (χ0v) is 14.4. The molecule has 0 heterocycles. The molecule has 0 aromatic carbocycles.